The number of nitrogens with one attached hydrogen (secondary N) is 2. The number of primary amides is 2. The van der Waals surface area contributed by atoms with E-state index in [4.69, 9.17) is 16.2 Å². The van der Waals surface area contributed by atoms with Gasteiger partial charge in [-0.3, -0.25) is 28.8 Å². The lowest BCUT2D eigenvalue weighted by atomic mass is 9.94. The van der Waals surface area contributed by atoms with Gasteiger partial charge in [0.05, 0.1) is 23.7 Å². The van der Waals surface area contributed by atoms with Crippen molar-refractivity contribution in [1.29, 1.82) is 0 Å². The zero-order valence-corrected chi connectivity index (χ0v) is 26.0. The van der Waals surface area contributed by atoms with Crippen molar-refractivity contribution in [3.63, 3.8) is 0 Å². The van der Waals surface area contributed by atoms with Crippen LogP contribution in [0, 0.1) is 23.7 Å². The van der Waals surface area contributed by atoms with Crippen LogP contribution in [0.5, 0.6) is 0 Å². The fourth-order valence-corrected chi connectivity index (χ4v) is 6.96. The van der Waals surface area contributed by atoms with Crippen LogP contribution >= 0.6 is 0 Å². The molecule has 4 aliphatic rings. The predicted octanol–water partition coefficient (Wildman–Crippen LogP) is -0.533. The van der Waals surface area contributed by atoms with E-state index in [1.165, 1.54) is 9.80 Å². The summed E-state index contributed by atoms with van der Waals surface area (Å²) < 4.78 is 5.42. The second-order valence-electron chi connectivity index (χ2n) is 13.1. The molecule has 47 heavy (non-hydrogen) atoms. The third-order valence-electron chi connectivity index (χ3n) is 9.89. The van der Waals surface area contributed by atoms with Crippen LogP contribution in [0.2, 0.25) is 0 Å². The van der Waals surface area contributed by atoms with E-state index in [9.17, 15) is 28.8 Å². The van der Waals surface area contributed by atoms with E-state index in [0.29, 0.717) is 0 Å². The van der Waals surface area contributed by atoms with Crippen molar-refractivity contribution in [3.8, 4) is 0 Å². The first-order chi connectivity index (χ1) is 22.6. The molecule has 13 nitrogen and oxygen atoms in total. The first-order valence-corrected chi connectivity index (χ1v) is 16.0. The van der Waals surface area contributed by atoms with Gasteiger partial charge in [0.1, 0.15) is 13.2 Å². The molecule has 6 rings (SSSR count). The van der Waals surface area contributed by atoms with Crippen LogP contribution in [0.15, 0.2) is 60.7 Å². The fourth-order valence-electron chi connectivity index (χ4n) is 6.96. The molecule has 6 N–H and O–H groups in total. The normalized spacial score (nSPS) is 29.2. The number of carbonyl (C=O) groups is 6. The van der Waals surface area contributed by atoms with Crippen molar-refractivity contribution in [2.24, 2.45) is 35.1 Å². The first kappa shape index (κ1) is 32.2. The molecule has 4 fully saturated rings. The highest BCUT2D eigenvalue weighted by Gasteiger charge is 2.48. The van der Waals surface area contributed by atoms with Gasteiger partial charge in [0.25, 0.3) is 0 Å². The lowest BCUT2D eigenvalue weighted by Crippen LogP contribution is -2.40. The summed E-state index contributed by atoms with van der Waals surface area (Å²) in [4.78, 5) is 79.2. The monoisotopic (exact) mass is 644 g/mol. The molecular weight excluding hydrogens is 604 g/mol. The first-order valence-electron chi connectivity index (χ1n) is 16.0. The largest absolute Gasteiger partial charge is 0.369 e. The van der Waals surface area contributed by atoms with Crippen LogP contribution in [0.25, 0.3) is 0 Å². The molecule has 2 aliphatic carbocycles. The number of amides is 6. The van der Waals surface area contributed by atoms with E-state index in [2.05, 4.69) is 10.6 Å². The Bertz CT molecular complexity index is 1420. The molecule has 2 saturated heterocycles. The Hall–Kier alpha value is -4.78. The van der Waals surface area contributed by atoms with Gasteiger partial charge in [0.2, 0.25) is 35.4 Å². The standard InChI is InChI=1S/C34H40N6O7/c35-31(43)23-13-39(15-25(23)33(45)37-27-11-21(27)19-7-3-1-4-8-19)29(41)17-47-18-30(42)40-14-24(32(36)44)26(16-40)34(46)38-28-12-22(28)20-9-5-2-6-10-20/h1-10,21-28H,11-18H2,(H2,35,43)(H2,36,44)(H,37,45)(H,38,46)/t21-,22-,23-,24-,25-,26-,27+,28+/m1/s1. The van der Waals surface area contributed by atoms with Crippen LogP contribution in [-0.4, -0.2) is 96.7 Å². The van der Waals surface area contributed by atoms with Crippen LogP contribution in [0.3, 0.4) is 0 Å². The van der Waals surface area contributed by atoms with Gasteiger partial charge in [-0.1, -0.05) is 60.7 Å². The Morgan fingerprint density at radius 2 is 0.957 bits per heavy atom. The average Bonchev–Trinajstić information content (AvgIpc) is 3.89. The summed E-state index contributed by atoms with van der Waals surface area (Å²) in [5.41, 5.74) is 13.4. The Labute approximate surface area is 272 Å². The maximum Gasteiger partial charge on any atom is 0.248 e. The molecule has 2 saturated carbocycles. The highest BCUT2D eigenvalue weighted by Crippen LogP contribution is 2.42. The summed E-state index contributed by atoms with van der Waals surface area (Å²) in [6, 6.07) is 19.6. The number of hydrogen-bond donors (Lipinski definition) is 4. The predicted molar refractivity (Wildman–Crippen MR) is 168 cm³/mol. The van der Waals surface area contributed by atoms with Crippen molar-refractivity contribution in [2.45, 2.75) is 36.8 Å². The number of carbonyl (C=O) groups excluding carboxylic acids is 6. The van der Waals surface area contributed by atoms with Gasteiger partial charge in [-0.25, -0.2) is 0 Å². The Balaban J connectivity index is 0.957. The van der Waals surface area contributed by atoms with Gasteiger partial charge in [0.15, 0.2) is 0 Å². The zero-order valence-electron chi connectivity index (χ0n) is 26.0. The van der Waals surface area contributed by atoms with Gasteiger partial charge in [0, 0.05) is 50.1 Å². The minimum absolute atomic E-state index is 0.00757. The van der Waals surface area contributed by atoms with Crippen molar-refractivity contribution in [1.82, 2.24) is 20.4 Å². The van der Waals surface area contributed by atoms with Crippen molar-refractivity contribution < 1.29 is 33.5 Å². The number of benzene rings is 2. The SMILES string of the molecule is NC(=O)[C@@H]1CN(C(=O)COCC(=O)N2C[C@@H](C(N)=O)[C@H](C(=O)N[C@H]3C[C@@H]3c3ccccc3)C2)C[C@H]1C(=O)N[C@H]1C[C@@H]1c1ccccc1. The zero-order chi connectivity index (χ0) is 33.2. The summed E-state index contributed by atoms with van der Waals surface area (Å²) in [5.74, 6) is -5.78. The fraction of sp³-hybridized carbons (Fsp3) is 0.471. The molecule has 0 bridgehead atoms. The second-order valence-corrected chi connectivity index (χ2v) is 13.1. The van der Waals surface area contributed by atoms with Crippen molar-refractivity contribution in [2.75, 3.05) is 39.4 Å². The minimum atomic E-state index is -0.841. The van der Waals surface area contributed by atoms with Crippen LogP contribution in [0.4, 0.5) is 0 Å². The summed E-state index contributed by atoms with van der Waals surface area (Å²) in [6.07, 6.45) is 1.60. The molecule has 8 atom stereocenters. The number of hydrogen-bond acceptors (Lipinski definition) is 7. The molecule has 6 amide bonds. The topological polar surface area (TPSA) is 194 Å². The van der Waals surface area contributed by atoms with E-state index in [1.54, 1.807) is 0 Å². The quantitative estimate of drug-likeness (QED) is 0.238. The Morgan fingerprint density at radius 1 is 0.596 bits per heavy atom. The summed E-state index contributed by atoms with van der Waals surface area (Å²) in [6.45, 7) is -0.938. The highest BCUT2D eigenvalue weighted by molar-refractivity contribution is 5.91. The molecule has 0 aromatic heterocycles. The van der Waals surface area contributed by atoms with E-state index >= 15 is 0 Å². The minimum Gasteiger partial charge on any atom is -0.369 e. The third kappa shape index (κ3) is 7.30. The number of nitrogens with zero attached hydrogens (tertiary/aromatic N) is 2. The molecule has 0 spiro atoms. The summed E-state index contributed by atoms with van der Waals surface area (Å²) in [7, 11) is 0. The number of ether oxygens (including phenoxy) is 1. The molecule has 248 valence electrons. The molecular formula is C34H40N6O7. The van der Waals surface area contributed by atoms with Gasteiger partial charge >= 0.3 is 0 Å². The van der Waals surface area contributed by atoms with Gasteiger partial charge in [-0.15, -0.1) is 0 Å². The van der Waals surface area contributed by atoms with E-state index < -0.39 is 60.5 Å². The van der Waals surface area contributed by atoms with E-state index in [1.807, 2.05) is 60.7 Å². The van der Waals surface area contributed by atoms with Crippen molar-refractivity contribution >= 4 is 35.4 Å². The Kier molecular flexibility index (Phi) is 9.26. The molecule has 0 unspecified atom stereocenters. The molecule has 2 aliphatic heterocycles. The van der Waals surface area contributed by atoms with E-state index in [-0.39, 0.29) is 61.9 Å². The van der Waals surface area contributed by atoms with Crippen molar-refractivity contribution in [3.05, 3.63) is 71.8 Å². The van der Waals surface area contributed by atoms with Crippen LogP contribution < -0.4 is 22.1 Å². The van der Waals surface area contributed by atoms with Gasteiger partial charge < -0.3 is 36.6 Å². The summed E-state index contributed by atoms with van der Waals surface area (Å²) in [5, 5.41) is 5.99. The Morgan fingerprint density at radius 3 is 1.32 bits per heavy atom. The molecule has 0 radical (unpaired) electrons. The second kappa shape index (κ2) is 13.5. The van der Waals surface area contributed by atoms with Gasteiger partial charge in [-0.05, 0) is 24.0 Å². The van der Waals surface area contributed by atoms with Crippen LogP contribution in [-0.2, 0) is 33.5 Å². The third-order valence-corrected chi connectivity index (χ3v) is 9.89. The maximum absolute atomic E-state index is 13.1. The molecule has 13 heteroatoms. The van der Waals surface area contributed by atoms with E-state index in [0.717, 1.165) is 24.0 Å². The molecule has 2 heterocycles. The highest BCUT2D eigenvalue weighted by atomic mass is 16.5. The number of likely N-dealkylation sites (tertiary alicyclic amines) is 2. The average molecular weight is 645 g/mol. The molecule has 2 aromatic carbocycles. The number of nitrogens with two attached hydrogens (primary N) is 2. The lowest BCUT2D eigenvalue weighted by Gasteiger charge is -2.18. The summed E-state index contributed by atoms with van der Waals surface area (Å²) >= 11 is 0. The van der Waals surface area contributed by atoms with Gasteiger partial charge in [-0.2, -0.15) is 0 Å². The smallest absolute Gasteiger partial charge is 0.248 e. The lowest BCUT2D eigenvalue weighted by molar-refractivity contribution is -0.141. The number of rotatable bonds is 12. The molecule has 2 aromatic rings. The maximum atomic E-state index is 13.1. The van der Waals surface area contributed by atoms with Crippen LogP contribution in [0.1, 0.15) is 35.8 Å².